The molecule has 0 heterocycles. The highest BCUT2D eigenvalue weighted by Crippen LogP contribution is 2.16. The largest absolute Gasteiger partial charge is 0.298 e. The summed E-state index contributed by atoms with van der Waals surface area (Å²) in [6.07, 6.45) is 0.965. The summed E-state index contributed by atoms with van der Waals surface area (Å²) in [5.41, 5.74) is 1.32. The first-order valence-corrected chi connectivity index (χ1v) is 4.95. The maximum atomic E-state index is 9.00. The molecule has 0 radical (unpaired) electrons. The Hall–Kier alpha value is -1.84. The standard InChI is InChI=1S/C12H13N3/c1-2-7-15-12(9-14)11-6-4-3-5-10(11)8-13/h3-6,12,15H,2,7H2,1H3. The molecule has 3 nitrogen and oxygen atoms in total. The number of rotatable bonds is 4. The topological polar surface area (TPSA) is 59.6 Å². The smallest absolute Gasteiger partial charge is 0.122 e. The van der Waals surface area contributed by atoms with Crippen molar-refractivity contribution in [3.8, 4) is 12.1 Å². The summed E-state index contributed by atoms with van der Waals surface area (Å²) in [6.45, 7) is 2.82. The van der Waals surface area contributed by atoms with Gasteiger partial charge in [0.05, 0.1) is 17.7 Å². The van der Waals surface area contributed by atoms with Crippen LogP contribution in [0, 0.1) is 22.7 Å². The van der Waals surface area contributed by atoms with Gasteiger partial charge in [0.1, 0.15) is 6.04 Å². The van der Waals surface area contributed by atoms with E-state index >= 15 is 0 Å². The van der Waals surface area contributed by atoms with Gasteiger partial charge in [-0.25, -0.2) is 0 Å². The minimum Gasteiger partial charge on any atom is -0.298 e. The van der Waals surface area contributed by atoms with E-state index in [9.17, 15) is 0 Å². The van der Waals surface area contributed by atoms with Gasteiger partial charge in [-0.1, -0.05) is 25.1 Å². The number of nitrogens with one attached hydrogen (secondary N) is 1. The van der Waals surface area contributed by atoms with E-state index in [1.54, 1.807) is 12.1 Å². The molecule has 0 aromatic heterocycles. The second kappa shape index (κ2) is 5.80. The van der Waals surface area contributed by atoms with Crippen molar-refractivity contribution >= 4 is 0 Å². The Morgan fingerprint density at radius 1 is 1.33 bits per heavy atom. The van der Waals surface area contributed by atoms with E-state index in [1.165, 1.54) is 0 Å². The van der Waals surface area contributed by atoms with Crippen LogP contribution in [-0.2, 0) is 0 Å². The number of hydrogen-bond acceptors (Lipinski definition) is 3. The molecule has 0 spiro atoms. The average molecular weight is 199 g/mol. The summed E-state index contributed by atoms with van der Waals surface area (Å²) >= 11 is 0. The van der Waals surface area contributed by atoms with Crippen LogP contribution >= 0.6 is 0 Å². The molecule has 1 aromatic rings. The Kier molecular flexibility index (Phi) is 4.34. The Bertz CT molecular complexity index is 398. The van der Waals surface area contributed by atoms with Crippen LogP contribution in [-0.4, -0.2) is 6.54 Å². The van der Waals surface area contributed by atoms with Gasteiger partial charge >= 0.3 is 0 Å². The predicted molar refractivity (Wildman–Crippen MR) is 57.8 cm³/mol. The lowest BCUT2D eigenvalue weighted by atomic mass is 10.0. The second-order valence-corrected chi connectivity index (χ2v) is 3.22. The molecule has 76 valence electrons. The van der Waals surface area contributed by atoms with Crippen LogP contribution in [0.15, 0.2) is 24.3 Å². The highest BCUT2D eigenvalue weighted by Gasteiger charge is 2.12. The number of nitriles is 2. The summed E-state index contributed by atoms with van der Waals surface area (Å²) in [4.78, 5) is 0. The van der Waals surface area contributed by atoms with E-state index in [4.69, 9.17) is 10.5 Å². The van der Waals surface area contributed by atoms with Crippen LogP contribution in [0.3, 0.4) is 0 Å². The first-order chi connectivity index (χ1) is 7.33. The van der Waals surface area contributed by atoms with Crippen LogP contribution in [0.2, 0.25) is 0 Å². The molecule has 0 amide bonds. The third-order valence-electron chi connectivity index (χ3n) is 2.12. The first kappa shape index (κ1) is 11.2. The normalized spacial score (nSPS) is 11.4. The highest BCUT2D eigenvalue weighted by molar-refractivity contribution is 5.41. The molecule has 1 aromatic carbocycles. The summed E-state index contributed by atoms with van der Waals surface area (Å²) in [5, 5.41) is 21.0. The molecule has 0 fully saturated rings. The van der Waals surface area contributed by atoms with Gasteiger partial charge in [-0.3, -0.25) is 5.32 Å². The molecule has 3 heteroatoms. The molecule has 0 aliphatic carbocycles. The molecule has 1 unspecified atom stereocenters. The number of nitrogens with zero attached hydrogens (tertiary/aromatic N) is 2. The van der Waals surface area contributed by atoms with Crippen LogP contribution in [0.1, 0.15) is 30.5 Å². The summed E-state index contributed by atoms with van der Waals surface area (Å²) in [5.74, 6) is 0. The van der Waals surface area contributed by atoms with Crippen molar-refractivity contribution in [1.82, 2.24) is 5.32 Å². The monoisotopic (exact) mass is 199 g/mol. The van der Waals surface area contributed by atoms with Gasteiger partial charge in [-0.15, -0.1) is 0 Å². The van der Waals surface area contributed by atoms with Crippen molar-refractivity contribution in [1.29, 1.82) is 10.5 Å². The van der Waals surface area contributed by atoms with Gasteiger partial charge < -0.3 is 0 Å². The highest BCUT2D eigenvalue weighted by atomic mass is 14.9. The summed E-state index contributed by atoms with van der Waals surface area (Å²) < 4.78 is 0. The molecule has 1 rings (SSSR count). The quantitative estimate of drug-likeness (QED) is 0.808. The van der Waals surface area contributed by atoms with E-state index in [0.29, 0.717) is 5.56 Å². The fraction of sp³-hybridized carbons (Fsp3) is 0.333. The van der Waals surface area contributed by atoms with Crippen LogP contribution in [0.4, 0.5) is 0 Å². The van der Waals surface area contributed by atoms with E-state index < -0.39 is 0 Å². The van der Waals surface area contributed by atoms with Gasteiger partial charge in [0.2, 0.25) is 0 Å². The molecule has 0 saturated heterocycles. The molecule has 0 saturated carbocycles. The van der Waals surface area contributed by atoms with Crippen molar-refractivity contribution < 1.29 is 0 Å². The van der Waals surface area contributed by atoms with E-state index in [1.807, 2.05) is 19.1 Å². The Morgan fingerprint density at radius 2 is 2.07 bits per heavy atom. The van der Waals surface area contributed by atoms with Crippen molar-refractivity contribution in [2.45, 2.75) is 19.4 Å². The Morgan fingerprint density at radius 3 is 2.67 bits per heavy atom. The zero-order chi connectivity index (χ0) is 11.1. The minimum absolute atomic E-state index is 0.388. The lowest BCUT2D eigenvalue weighted by molar-refractivity contribution is 0.620. The minimum atomic E-state index is -0.388. The van der Waals surface area contributed by atoms with Crippen molar-refractivity contribution in [2.24, 2.45) is 0 Å². The third kappa shape index (κ3) is 2.80. The Labute approximate surface area is 90.0 Å². The number of hydrogen-bond donors (Lipinski definition) is 1. The molecule has 0 aliphatic rings. The zero-order valence-electron chi connectivity index (χ0n) is 8.70. The molecule has 1 atom stereocenters. The summed E-state index contributed by atoms with van der Waals surface area (Å²) in [7, 11) is 0. The maximum absolute atomic E-state index is 9.00. The van der Waals surface area contributed by atoms with E-state index in [-0.39, 0.29) is 6.04 Å². The van der Waals surface area contributed by atoms with Gasteiger partial charge in [-0.05, 0) is 19.0 Å². The Balaban J connectivity index is 2.93. The molecule has 15 heavy (non-hydrogen) atoms. The van der Waals surface area contributed by atoms with Crippen LogP contribution in [0.25, 0.3) is 0 Å². The molecule has 0 bridgehead atoms. The van der Waals surface area contributed by atoms with Crippen LogP contribution in [0.5, 0.6) is 0 Å². The molecular formula is C12H13N3. The van der Waals surface area contributed by atoms with Crippen molar-refractivity contribution in [2.75, 3.05) is 6.54 Å². The third-order valence-corrected chi connectivity index (χ3v) is 2.12. The molecular weight excluding hydrogens is 186 g/mol. The van der Waals surface area contributed by atoms with E-state index in [0.717, 1.165) is 18.5 Å². The van der Waals surface area contributed by atoms with Gasteiger partial charge in [-0.2, -0.15) is 10.5 Å². The first-order valence-electron chi connectivity index (χ1n) is 4.95. The zero-order valence-corrected chi connectivity index (χ0v) is 8.70. The average Bonchev–Trinajstić information content (AvgIpc) is 2.30. The fourth-order valence-corrected chi connectivity index (χ4v) is 1.36. The fourth-order valence-electron chi connectivity index (χ4n) is 1.36. The second-order valence-electron chi connectivity index (χ2n) is 3.22. The molecule has 1 N–H and O–H groups in total. The predicted octanol–water partition coefficient (Wildman–Crippen LogP) is 2.12. The molecule has 0 aliphatic heterocycles. The van der Waals surface area contributed by atoms with Gasteiger partial charge in [0.15, 0.2) is 0 Å². The lowest BCUT2D eigenvalue weighted by Crippen LogP contribution is -2.21. The van der Waals surface area contributed by atoms with Gasteiger partial charge in [0, 0.05) is 5.56 Å². The number of benzene rings is 1. The summed E-state index contributed by atoms with van der Waals surface area (Å²) in [6, 6.07) is 11.1. The SMILES string of the molecule is CCCNC(C#N)c1ccccc1C#N. The maximum Gasteiger partial charge on any atom is 0.122 e. The van der Waals surface area contributed by atoms with Crippen molar-refractivity contribution in [3.63, 3.8) is 0 Å². The van der Waals surface area contributed by atoms with Crippen LogP contribution < -0.4 is 5.32 Å². The lowest BCUT2D eigenvalue weighted by Gasteiger charge is -2.11. The van der Waals surface area contributed by atoms with Crippen molar-refractivity contribution in [3.05, 3.63) is 35.4 Å². The van der Waals surface area contributed by atoms with Gasteiger partial charge in [0.25, 0.3) is 0 Å². The van der Waals surface area contributed by atoms with E-state index in [2.05, 4.69) is 17.5 Å².